The molecule has 10 heteroatoms. The molecule has 0 aliphatic heterocycles. The fourth-order valence-electron chi connectivity index (χ4n) is 3.21. The Hall–Kier alpha value is -3.89. The molecule has 0 aliphatic carbocycles. The van der Waals surface area contributed by atoms with Gasteiger partial charge in [0.05, 0.1) is 25.3 Å². The number of methoxy groups -OCH3 is 2. The van der Waals surface area contributed by atoms with Gasteiger partial charge in [-0.05, 0) is 48.9 Å². The number of aryl methyl sites for hydroxylation is 1. The topological polar surface area (TPSA) is 118 Å². The van der Waals surface area contributed by atoms with Gasteiger partial charge in [-0.3, -0.25) is 4.79 Å². The molecule has 9 nitrogen and oxygen atoms in total. The minimum Gasteiger partial charge on any atom is -0.502 e. The zero-order valence-electron chi connectivity index (χ0n) is 19.8. The number of rotatable bonds is 9. The van der Waals surface area contributed by atoms with Crippen molar-refractivity contribution < 1.29 is 27.8 Å². The van der Waals surface area contributed by atoms with Crippen LogP contribution in [0.25, 0.3) is 0 Å². The Morgan fingerprint density at radius 3 is 2.14 bits per heavy atom. The van der Waals surface area contributed by atoms with E-state index < -0.39 is 15.9 Å². The van der Waals surface area contributed by atoms with Crippen LogP contribution in [-0.2, 0) is 16.6 Å². The third-order valence-corrected chi connectivity index (χ3v) is 7.05. The second-order valence-electron chi connectivity index (χ2n) is 7.74. The molecule has 35 heavy (non-hydrogen) atoms. The van der Waals surface area contributed by atoms with Crippen molar-refractivity contribution in [2.75, 3.05) is 21.3 Å². The predicted molar refractivity (Wildman–Crippen MR) is 133 cm³/mol. The number of phenols is 1. The quantitative estimate of drug-likeness (QED) is 0.346. The second-order valence-corrected chi connectivity index (χ2v) is 9.79. The summed E-state index contributed by atoms with van der Waals surface area (Å²) in [5, 5.41) is 13.9. The lowest BCUT2D eigenvalue weighted by Gasteiger charge is -2.17. The lowest BCUT2D eigenvalue weighted by atomic mass is 10.1. The van der Waals surface area contributed by atoms with Crippen LogP contribution in [0, 0.1) is 6.92 Å². The number of hydrazone groups is 1. The molecule has 0 atom stereocenters. The first-order chi connectivity index (χ1) is 16.6. The molecule has 0 spiro atoms. The molecule has 0 fully saturated rings. The fraction of sp³-hybridized carbons (Fsp3) is 0.200. The van der Waals surface area contributed by atoms with Crippen LogP contribution < -0.4 is 14.9 Å². The standard InChI is InChI=1S/C25H27N3O6S/c1-17-5-11-21(12-6-17)35(31,32)28(2)16-18-7-9-20(10-8-18)25(30)27-26-15-19-13-22(33-3)24(29)23(14-19)34-4/h5-15,29H,16H2,1-4H3,(H,27,30)/b26-15+. The maximum absolute atomic E-state index is 12.8. The van der Waals surface area contributed by atoms with Gasteiger partial charge in [0.1, 0.15) is 0 Å². The van der Waals surface area contributed by atoms with Gasteiger partial charge in [0.25, 0.3) is 5.91 Å². The molecule has 3 rings (SSSR count). The number of phenolic OH excluding ortho intramolecular Hbond substituents is 1. The molecule has 2 N–H and O–H groups in total. The van der Waals surface area contributed by atoms with Crippen LogP contribution in [-0.4, -0.2) is 51.2 Å². The molecule has 0 bridgehead atoms. The van der Waals surface area contributed by atoms with E-state index in [2.05, 4.69) is 10.5 Å². The number of sulfonamides is 1. The lowest BCUT2D eigenvalue weighted by molar-refractivity contribution is 0.0955. The van der Waals surface area contributed by atoms with Gasteiger partial charge in [0.2, 0.25) is 15.8 Å². The van der Waals surface area contributed by atoms with Crippen LogP contribution in [0.2, 0.25) is 0 Å². The molecule has 0 aliphatic rings. The number of aromatic hydroxyl groups is 1. The molecular weight excluding hydrogens is 470 g/mol. The van der Waals surface area contributed by atoms with Gasteiger partial charge in [-0.15, -0.1) is 0 Å². The first-order valence-corrected chi connectivity index (χ1v) is 12.0. The highest BCUT2D eigenvalue weighted by Crippen LogP contribution is 2.36. The van der Waals surface area contributed by atoms with E-state index >= 15 is 0 Å². The summed E-state index contributed by atoms with van der Waals surface area (Å²) in [4.78, 5) is 12.6. The summed E-state index contributed by atoms with van der Waals surface area (Å²) in [5.74, 6) is -0.149. The van der Waals surface area contributed by atoms with Gasteiger partial charge < -0.3 is 14.6 Å². The number of hydrogen-bond acceptors (Lipinski definition) is 7. The highest BCUT2D eigenvalue weighted by molar-refractivity contribution is 7.89. The largest absolute Gasteiger partial charge is 0.502 e. The first-order valence-electron chi connectivity index (χ1n) is 10.6. The minimum absolute atomic E-state index is 0.131. The van der Waals surface area contributed by atoms with E-state index in [1.165, 1.54) is 31.8 Å². The van der Waals surface area contributed by atoms with E-state index in [4.69, 9.17) is 9.47 Å². The molecule has 0 radical (unpaired) electrons. The summed E-state index contributed by atoms with van der Waals surface area (Å²) in [6.07, 6.45) is 1.39. The highest BCUT2D eigenvalue weighted by atomic mass is 32.2. The molecule has 3 aromatic rings. The molecule has 0 heterocycles. The Balaban J connectivity index is 1.63. The van der Waals surface area contributed by atoms with Crippen molar-refractivity contribution in [1.29, 1.82) is 0 Å². The summed E-state index contributed by atoms with van der Waals surface area (Å²) < 4.78 is 37.0. The summed E-state index contributed by atoms with van der Waals surface area (Å²) >= 11 is 0. The summed E-state index contributed by atoms with van der Waals surface area (Å²) in [7, 11) is 0.708. The summed E-state index contributed by atoms with van der Waals surface area (Å²) in [6, 6.07) is 16.3. The van der Waals surface area contributed by atoms with E-state index in [1.54, 1.807) is 60.7 Å². The van der Waals surface area contributed by atoms with Crippen molar-refractivity contribution in [3.8, 4) is 17.2 Å². The van der Waals surface area contributed by atoms with Gasteiger partial charge in [-0.25, -0.2) is 13.8 Å². The van der Waals surface area contributed by atoms with Crippen molar-refractivity contribution in [3.05, 3.63) is 82.9 Å². The van der Waals surface area contributed by atoms with Gasteiger partial charge in [0, 0.05) is 24.7 Å². The molecule has 184 valence electrons. The Bertz CT molecular complexity index is 1300. The maximum atomic E-state index is 12.8. The van der Waals surface area contributed by atoms with Crippen LogP contribution in [0.1, 0.15) is 27.0 Å². The number of hydrogen-bond donors (Lipinski definition) is 2. The zero-order chi connectivity index (χ0) is 25.6. The average Bonchev–Trinajstić information content (AvgIpc) is 2.85. The monoisotopic (exact) mass is 497 g/mol. The van der Waals surface area contributed by atoms with E-state index in [9.17, 15) is 18.3 Å². The van der Waals surface area contributed by atoms with Crippen LogP contribution in [0.4, 0.5) is 0 Å². The molecule has 1 amide bonds. The molecule has 0 saturated heterocycles. The third kappa shape index (κ3) is 6.17. The molecule has 0 saturated carbocycles. The Morgan fingerprint density at radius 2 is 1.60 bits per heavy atom. The predicted octanol–water partition coefficient (Wildman–Crippen LogP) is 3.30. The Morgan fingerprint density at radius 1 is 1.03 bits per heavy atom. The second kappa shape index (κ2) is 11.0. The molecule has 3 aromatic carbocycles. The normalized spacial score (nSPS) is 11.6. The van der Waals surface area contributed by atoms with Gasteiger partial charge in [-0.1, -0.05) is 29.8 Å². The van der Waals surface area contributed by atoms with E-state index in [0.717, 1.165) is 11.1 Å². The number of ether oxygens (including phenoxy) is 2. The van der Waals surface area contributed by atoms with Crippen LogP contribution in [0.3, 0.4) is 0 Å². The van der Waals surface area contributed by atoms with Gasteiger partial charge >= 0.3 is 0 Å². The zero-order valence-corrected chi connectivity index (χ0v) is 20.7. The molecular formula is C25H27N3O6S. The fourth-order valence-corrected chi connectivity index (χ4v) is 4.37. The SMILES string of the molecule is COc1cc(/C=N/NC(=O)c2ccc(CN(C)S(=O)(=O)c3ccc(C)cc3)cc2)cc(OC)c1O. The highest BCUT2D eigenvalue weighted by Gasteiger charge is 2.20. The van der Waals surface area contributed by atoms with E-state index in [1.807, 2.05) is 6.92 Å². The number of nitrogens with zero attached hydrogens (tertiary/aromatic N) is 2. The van der Waals surface area contributed by atoms with Crippen molar-refractivity contribution >= 4 is 22.1 Å². The molecule has 0 unspecified atom stereocenters. The first kappa shape index (κ1) is 25.7. The van der Waals surface area contributed by atoms with E-state index in [-0.39, 0.29) is 28.7 Å². The minimum atomic E-state index is -3.63. The van der Waals surface area contributed by atoms with Crippen molar-refractivity contribution in [3.63, 3.8) is 0 Å². The number of carbonyl (C=O) groups is 1. The Labute approximate surface area is 204 Å². The number of carbonyl (C=O) groups excluding carboxylic acids is 1. The smallest absolute Gasteiger partial charge is 0.271 e. The summed E-state index contributed by atoms with van der Waals surface area (Å²) in [5.41, 5.74) is 5.04. The average molecular weight is 498 g/mol. The van der Waals surface area contributed by atoms with Crippen LogP contribution >= 0.6 is 0 Å². The number of benzene rings is 3. The molecule has 0 aromatic heterocycles. The number of amides is 1. The van der Waals surface area contributed by atoms with Crippen molar-refractivity contribution in [2.24, 2.45) is 5.10 Å². The van der Waals surface area contributed by atoms with Gasteiger partial charge in [-0.2, -0.15) is 9.41 Å². The number of nitrogens with one attached hydrogen (secondary N) is 1. The van der Waals surface area contributed by atoms with Crippen molar-refractivity contribution in [2.45, 2.75) is 18.4 Å². The van der Waals surface area contributed by atoms with Crippen LogP contribution in [0.5, 0.6) is 17.2 Å². The maximum Gasteiger partial charge on any atom is 0.271 e. The summed E-state index contributed by atoms with van der Waals surface area (Å²) in [6.45, 7) is 2.05. The van der Waals surface area contributed by atoms with Crippen molar-refractivity contribution in [1.82, 2.24) is 9.73 Å². The Kier molecular flexibility index (Phi) is 8.10. The van der Waals surface area contributed by atoms with Gasteiger partial charge in [0.15, 0.2) is 11.5 Å². The lowest BCUT2D eigenvalue weighted by Crippen LogP contribution is -2.26. The third-order valence-electron chi connectivity index (χ3n) is 5.23. The van der Waals surface area contributed by atoms with Crippen LogP contribution in [0.15, 0.2) is 70.7 Å². The van der Waals surface area contributed by atoms with E-state index in [0.29, 0.717) is 11.1 Å².